The zero-order valence-electron chi connectivity index (χ0n) is 9.51. The molecule has 3 aromatic rings. The molecular weight excluding hydrogens is 268 g/mol. The van der Waals surface area contributed by atoms with Crippen LogP contribution in [0.3, 0.4) is 0 Å². The number of aryl methyl sites for hydroxylation is 1. The summed E-state index contributed by atoms with van der Waals surface area (Å²) in [5, 5.41) is 2.07. The molecule has 0 aliphatic rings. The summed E-state index contributed by atoms with van der Waals surface area (Å²) < 4.78 is 4.15. The van der Waals surface area contributed by atoms with Crippen molar-refractivity contribution in [2.24, 2.45) is 0 Å². The van der Waals surface area contributed by atoms with Crippen LogP contribution in [0.1, 0.15) is 5.56 Å². The van der Waals surface area contributed by atoms with Crippen molar-refractivity contribution in [1.82, 2.24) is 14.3 Å². The smallest absolute Gasteiger partial charge is 0.200 e. The lowest BCUT2D eigenvalue weighted by Gasteiger charge is -2.04. The zero-order valence-corrected chi connectivity index (χ0v) is 11.1. The first kappa shape index (κ1) is 11.4. The molecule has 0 amide bonds. The Hall–Kier alpha value is -1.72. The number of nitrogens with two attached hydrogens (primary N) is 1. The molecule has 3 rings (SSSR count). The number of hydrogen-bond donors (Lipinski definition) is 1. The SMILES string of the molecule is Cc1ccc(Cl)c2ccc(-c3nsc(N)n3)nc12. The third-order valence-corrected chi connectivity index (χ3v) is 3.55. The molecular formula is C12H9ClN4S. The van der Waals surface area contributed by atoms with E-state index in [9.17, 15) is 0 Å². The number of hydrogen-bond acceptors (Lipinski definition) is 5. The molecule has 2 heterocycles. The summed E-state index contributed by atoms with van der Waals surface area (Å²) in [4.78, 5) is 8.69. The van der Waals surface area contributed by atoms with Crippen LogP contribution in [-0.4, -0.2) is 14.3 Å². The van der Waals surface area contributed by atoms with Gasteiger partial charge in [0.05, 0.1) is 5.52 Å². The summed E-state index contributed by atoms with van der Waals surface area (Å²) in [6, 6.07) is 7.61. The van der Waals surface area contributed by atoms with Crippen LogP contribution in [-0.2, 0) is 0 Å². The number of anilines is 1. The number of aromatic nitrogens is 3. The van der Waals surface area contributed by atoms with Gasteiger partial charge in [0.1, 0.15) is 5.69 Å². The zero-order chi connectivity index (χ0) is 12.7. The molecule has 0 spiro atoms. The molecule has 6 heteroatoms. The molecule has 0 atom stereocenters. The minimum Gasteiger partial charge on any atom is -0.374 e. The Kier molecular flexibility index (Phi) is 2.65. The summed E-state index contributed by atoms with van der Waals surface area (Å²) in [6.45, 7) is 2.00. The Labute approximate surface area is 113 Å². The third kappa shape index (κ3) is 1.81. The third-order valence-electron chi connectivity index (χ3n) is 2.68. The van der Waals surface area contributed by atoms with Gasteiger partial charge in [-0.3, -0.25) is 0 Å². The predicted molar refractivity (Wildman–Crippen MR) is 74.8 cm³/mol. The van der Waals surface area contributed by atoms with E-state index >= 15 is 0 Å². The largest absolute Gasteiger partial charge is 0.374 e. The lowest BCUT2D eigenvalue weighted by atomic mass is 10.1. The van der Waals surface area contributed by atoms with E-state index in [0.29, 0.717) is 21.7 Å². The van der Waals surface area contributed by atoms with Crippen molar-refractivity contribution < 1.29 is 0 Å². The van der Waals surface area contributed by atoms with Crippen molar-refractivity contribution in [2.75, 3.05) is 5.73 Å². The van der Waals surface area contributed by atoms with Gasteiger partial charge in [-0.25, -0.2) is 4.98 Å². The van der Waals surface area contributed by atoms with E-state index in [1.54, 1.807) is 0 Å². The van der Waals surface area contributed by atoms with Crippen LogP contribution in [0.5, 0.6) is 0 Å². The molecule has 0 fully saturated rings. The molecule has 1 aromatic carbocycles. The van der Waals surface area contributed by atoms with Crippen molar-refractivity contribution in [1.29, 1.82) is 0 Å². The first-order chi connectivity index (χ1) is 8.65. The quantitative estimate of drug-likeness (QED) is 0.741. The molecule has 2 aromatic heterocycles. The second kappa shape index (κ2) is 4.19. The molecule has 4 nitrogen and oxygen atoms in total. The average molecular weight is 277 g/mol. The van der Waals surface area contributed by atoms with Crippen LogP contribution in [0.4, 0.5) is 5.13 Å². The number of halogens is 1. The Morgan fingerprint density at radius 2 is 2.00 bits per heavy atom. The highest BCUT2D eigenvalue weighted by Crippen LogP contribution is 2.27. The Morgan fingerprint density at radius 1 is 1.17 bits per heavy atom. The Bertz CT molecular complexity index is 738. The fraction of sp³-hybridized carbons (Fsp3) is 0.0833. The first-order valence-electron chi connectivity index (χ1n) is 5.30. The van der Waals surface area contributed by atoms with Gasteiger partial charge in [-0.15, -0.1) is 0 Å². The predicted octanol–water partition coefficient (Wildman–Crippen LogP) is 3.30. The van der Waals surface area contributed by atoms with E-state index in [1.165, 1.54) is 0 Å². The van der Waals surface area contributed by atoms with Crippen molar-refractivity contribution >= 4 is 39.2 Å². The Balaban J connectivity index is 2.25. The fourth-order valence-corrected chi connectivity index (χ4v) is 2.44. The highest BCUT2D eigenvalue weighted by atomic mass is 35.5. The summed E-state index contributed by atoms with van der Waals surface area (Å²) in [5.74, 6) is 0.554. The van der Waals surface area contributed by atoms with Crippen LogP contribution in [0, 0.1) is 6.92 Å². The van der Waals surface area contributed by atoms with Gasteiger partial charge in [0.25, 0.3) is 0 Å². The number of benzene rings is 1. The van der Waals surface area contributed by atoms with Crippen molar-refractivity contribution in [3.05, 3.63) is 34.9 Å². The van der Waals surface area contributed by atoms with Gasteiger partial charge in [-0.05, 0) is 30.7 Å². The highest BCUT2D eigenvalue weighted by Gasteiger charge is 2.09. The van der Waals surface area contributed by atoms with Gasteiger partial charge in [-0.2, -0.15) is 9.36 Å². The van der Waals surface area contributed by atoms with Gasteiger partial charge in [0.15, 0.2) is 11.0 Å². The molecule has 90 valence electrons. The molecule has 0 aliphatic heterocycles. The minimum atomic E-state index is 0.440. The average Bonchev–Trinajstić information content (AvgIpc) is 2.80. The molecule has 2 N–H and O–H groups in total. The molecule has 0 saturated carbocycles. The molecule has 0 unspecified atom stereocenters. The van der Waals surface area contributed by atoms with Crippen LogP contribution in [0.25, 0.3) is 22.4 Å². The van der Waals surface area contributed by atoms with Gasteiger partial charge in [-0.1, -0.05) is 17.7 Å². The number of fused-ring (bicyclic) bond motifs is 1. The summed E-state index contributed by atoms with van der Waals surface area (Å²) in [6.07, 6.45) is 0. The number of pyridine rings is 1. The minimum absolute atomic E-state index is 0.440. The van der Waals surface area contributed by atoms with Crippen LogP contribution >= 0.6 is 23.1 Å². The fourth-order valence-electron chi connectivity index (χ4n) is 1.78. The maximum Gasteiger partial charge on any atom is 0.200 e. The lowest BCUT2D eigenvalue weighted by Crippen LogP contribution is -1.90. The van der Waals surface area contributed by atoms with Crippen molar-refractivity contribution in [2.45, 2.75) is 6.92 Å². The monoisotopic (exact) mass is 276 g/mol. The molecule has 0 radical (unpaired) electrons. The van der Waals surface area contributed by atoms with Gasteiger partial charge in [0, 0.05) is 21.9 Å². The molecule has 18 heavy (non-hydrogen) atoms. The molecule has 0 aliphatic carbocycles. The van der Waals surface area contributed by atoms with Crippen LogP contribution in [0.2, 0.25) is 5.02 Å². The first-order valence-corrected chi connectivity index (χ1v) is 6.46. The van der Waals surface area contributed by atoms with E-state index in [4.69, 9.17) is 17.3 Å². The van der Waals surface area contributed by atoms with Crippen LogP contribution in [0.15, 0.2) is 24.3 Å². The number of nitrogens with zero attached hydrogens (tertiary/aromatic N) is 3. The number of nitrogen functional groups attached to an aromatic ring is 1. The summed E-state index contributed by atoms with van der Waals surface area (Å²) >= 11 is 7.30. The van der Waals surface area contributed by atoms with Gasteiger partial charge >= 0.3 is 0 Å². The lowest BCUT2D eigenvalue weighted by molar-refractivity contribution is 1.26. The van der Waals surface area contributed by atoms with Crippen molar-refractivity contribution in [3.63, 3.8) is 0 Å². The summed E-state index contributed by atoms with van der Waals surface area (Å²) in [5.41, 5.74) is 8.23. The molecule has 0 bridgehead atoms. The highest BCUT2D eigenvalue weighted by molar-refractivity contribution is 7.09. The van der Waals surface area contributed by atoms with E-state index < -0.39 is 0 Å². The standard InChI is InChI=1S/C12H9ClN4S/c1-6-2-4-8(13)7-3-5-9(15-10(6)7)11-16-12(14)18-17-11/h2-5H,1H3,(H2,14,16,17). The maximum atomic E-state index is 6.14. The van der Waals surface area contributed by atoms with Crippen molar-refractivity contribution in [3.8, 4) is 11.5 Å². The normalized spacial score (nSPS) is 11.0. The van der Waals surface area contributed by atoms with E-state index in [-0.39, 0.29) is 0 Å². The topological polar surface area (TPSA) is 64.7 Å². The molecule has 0 saturated heterocycles. The van der Waals surface area contributed by atoms with Gasteiger partial charge < -0.3 is 5.73 Å². The van der Waals surface area contributed by atoms with E-state index in [2.05, 4.69) is 14.3 Å². The van der Waals surface area contributed by atoms with E-state index in [0.717, 1.165) is 28.0 Å². The maximum absolute atomic E-state index is 6.14. The van der Waals surface area contributed by atoms with Gasteiger partial charge in [0.2, 0.25) is 0 Å². The van der Waals surface area contributed by atoms with E-state index in [1.807, 2.05) is 31.2 Å². The second-order valence-electron chi connectivity index (χ2n) is 3.91. The second-order valence-corrected chi connectivity index (χ2v) is 5.10. The van der Waals surface area contributed by atoms with Crippen LogP contribution < -0.4 is 5.73 Å². The Morgan fingerprint density at radius 3 is 2.72 bits per heavy atom. The number of rotatable bonds is 1. The summed E-state index contributed by atoms with van der Waals surface area (Å²) in [7, 11) is 0.